The standard InChI is InChI=1S/C24H33N5O3/c1-15-21(22(25)28-17(3)26-15)10-5-18-11-13-29(14-12-18)24(31)16(2)27-23(30)19-6-8-20(32-4)9-7-19/h6-9,16,18H,5,10-14H2,1-4H3,(H,27,30)(H2,25,26,28)/t16-/m0/s1. The van der Waals surface area contributed by atoms with Gasteiger partial charge in [0.2, 0.25) is 5.91 Å². The first kappa shape index (κ1) is 23.5. The summed E-state index contributed by atoms with van der Waals surface area (Å²) in [5.41, 5.74) is 8.56. The van der Waals surface area contributed by atoms with Crippen LogP contribution < -0.4 is 15.8 Å². The van der Waals surface area contributed by atoms with Crippen molar-refractivity contribution in [3.8, 4) is 5.75 Å². The Bertz CT molecular complexity index is 930. The number of anilines is 1. The highest BCUT2D eigenvalue weighted by molar-refractivity contribution is 5.97. The maximum atomic E-state index is 12.8. The molecule has 8 nitrogen and oxygen atoms in total. The predicted octanol–water partition coefficient (Wildman–Crippen LogP) is 2.67. The number of benzene rings is 1. The number of aryl methyl sites for hydroxylation is 2. The zero-order valence-electron chi connectivity index (χ0n) is 19.4. The van der Waals surface area contributed by atoms with Gasteiger partial charge in [-0.25, -0.2) is 9.97 Å². The minimum absolute atomic E-state index is 0.0441. The summed E-state index contributed by atoms with van der Waals surface area (Å²) in [6.45, 7) is 6.96. The molecule has 0 saturated carbocycles. The number of aromatic nitrogens is 2. The second-order valence-electron chi connectivity index (χ2n) is 8.45. The summed E-state index contributed by atoms with van der Waals surface area (Å²) >= 11 is 0. The van der Waals surface area contributed by atoms with E-state index in [2.05, 4.69) is 15.3 Å². The first-order valence-corrected chi connectivity index (χ1v) is 11.1. The molecule has 1 aliphatic rings. The lowest BCUT2D eigenvalue weighted by Crippen LogP contribution is -2.49. The molecule has 3 rings (SSSR count). The fourth-order valence-electron chi connectivity index (χ4n) is 4.22. The lowest BCUT2D eigenvalue weighted by molar-refractivity contribution is -0.134. The number of nitrogens with two attached hydrogens (primary N) is 1. The molecule has 1 aromatic heterocycles. The quantitative estimate of drug-likeness (QED) is 0.686. The van der Waals surface area contributed by atoms with Crippen LogP contribution in [0.15, 0.2) is 24.3 Å². The van der Waals surface area contributed by atoms with E-state index in [1.165, 1.54) is 0 Å². The van der Waals surface area contributed by atoms with Gasteiger partial charge < -0.3 is 20.7 Å². The molecule has 1 atom stereocenters. The molecule has 172 valence electrons. The summed E-state index contributed by atoms with van der Waals surface area (Å²) in [4.78, 5) is 35.8. The highest BCUT2D eigenvalue weighted by Gasteiger charge is 2.27. The number of ether oxygens (including phenoxy) is 1. The minimum atomic E-state index is -0.576. The molecule has 2 heterocycles. The predicted molar refractivity (Wildman–Crippen MR) is 123 cm³/mol. The Morgan fingerprint density at radius 1 is 1.19 bits per heavy atom. The normalized spacial score (nSPS) is 15.3. The van der Waals surface area contributed by atoms with Crippen molar-refractivity contribution in [3.05, 3.63) is 46.9 Å². The van der Waals surface area contributed by atoms with Gasteiger partial charge in [0.25, 0.3) is 5.91 Å². The number of amides is 2. The average molecular weight is 440 g/mol. The van der Waals surface area contributed by atoms with E-state index in [1.54, 1.807) is 38.3 Å². The third-order valence-corrected chi connectivity index (χ3v) is 6.16. The zero-order chi connectivity index (χ0) is 23.3. The molecular weight excluding hydrogens is 406 g/mol. The molecule has 0 aliphatic carbocycles. The average Bonchev–Trinajstić information content (AvgIpc) is 2.78. The minimum Gasteiger partial charge on any atom is -0.497 e. The Balaban J connectivity index is 1.46. The largest absolute Gasteiger partial charge is 0.497 e. The maximum Gasteiger partial charge on any atom is 0.251 e. The molecule has 1 saturated heterocycles. The van der Waals surface area contributed by atoms with E-state index in [4.69, 9.17) is 10.5 Å². The summed E-state index contributed by atoms with van der Waals surface area (Å²) in [5, 5.41) is 2.81. The van der Waals surface area contributed by atoms with Crippen molar-refractivity contribution in [2.45, 2.75) is 52.5 Å². The van der Waals surface area contributed by atoms with Gasteiger partial charge in [-0.3, -0.25) is 9.59 Å². The molecule has 2 amide bonds. The second kappa shape index (κ2) is 10.4. The number of hydrogen-bond donors (Lipinski definition) is 2. The van der Waals surface area contributed by atoms with Gasteiger partial charge in [0.15, 0.2) is 0 Å². The third kappa shape index (κ3) is 5.75. The van der Waals surface area contributed by atoms with Gasteiger partial charge in [-0.2, -0.15) is 0 Å². The molecular formula is C24H33N5O3. The molecule has 0 radical (unpaired) electrons. The van der Waals surface area contributed by atoms with Crippen molar-refractivity contribution < 1.29 is 14.3 Å². The maximum absolute atomic E-state index is 12.8. The Morgan fingerprint density at radius 3 is 2.44 bits per heavy atom. The van der Waals surface area contributed by atoms with Crippen molar-refractivity contribution in [1.29, 1.82) is 0 Å². The van der Waals surface area contributed by atoms with E-state index in [1.807, 2.05) is 18.7 Å². The van der Waals surface area contributed by atoms with Crippen LogP contribution in [0.25, 0.3) is 0 Å². The summed E-state index contributed by atoms with van der Waals surface area (Å²) in [7, 11) is 1.58. The zero-order valence-corrected chi connectivity index (χ0v) is 19.4. The Hall–Kier alpha value is -3.16. The van der Waals surface area contributed by atoms with Crippen molar-refractivity contribution in [2.24, 2.45) is 5.92 Å². The lowest BCUT2D eigenvalue weighted by atomic mass is 9.90. The summed E-state index contributed by atoms with van der Waals surface area (Å²) in [5.74, 6) is 2.17. The first-order valence-electron chi connectivity index (χ1n) is 11.1. The Morgan fingerprint density at radius 2 is 1.84 bits per heavy atom. The monoisotopic (exact) mass is 439 g/mol. The van der Waals surface area contributed by atoms with Crippen LogP contribution in [-0.4, -0.2) is 52.9 Å². The van der Waals surface area contributed by atoms with Crippen LogP contribution in [0.3, 0.4) is 0 Å². The third-order valence-electron chi connectivity index (χ3n) is 6.16. The van der Waals surface area contributed by atoms with Gasteiger partial charge in [0.1, 0.15) is 23.4 Å². The molecule has 8 heteroatoms. The molecule has 1 fully saturated rings. The molecule has 0 spiro atoms. The first-order chi connectivity index (χ1) is 15.3. The van der Waals surface area contributed by atoms with Gasteiger partial charge in [0.05, 0.1) is 7.11 Å². The van der Waals surface area contributed by atoms with E-state index < -0.39 is 6.04 Å². The van der Waals surface area contributed by atoms with Crippen molar-refractivity contribution in [1.82, 2.24) is 20.2 Å². The topological polar surface area (TPSA) is 110 Å². The smallest absolute Gasteiger partial charge is 0.251 e. The van der Waals surface area contributed by atoms with Gasteiger partial charge in [0, 0.05) is 29.9 Å². The highest BCUT2D eigenvalue weighted by atomic mass is 16.5. The molecule has 3 N–H and O–H groups in total. The Kier molecular flexibility index (Phi) is 7.66. The van der Waals surface area contributed by atoms with E-state index in [9.17, 15) is 9.59 Å². The number of piperidine rings is 1. The van der Waals surface area contributed by atoms with E-state index >= 15 is 0 Å². The van der Waals surface area contributed by atoms with Gasteiger partial charge in [-0.1, -0.05) is 0 Å². The molecule has 0 unspecified atom stereocenters. The number of nitrogens with zero attached hydrogens (tertiary/aromatic N) is 3. The summed E-state index contributed by atoms with van der Waals surface area (Å²) in [6, 6.07) is 6.25. The van der Waals surface area contributed by atoms with Gasteiger partial charge >= 0.3 is 0 Å². The van der Waals surface area contributed by atoms with Crippen LogP contribution in [0, 0.1) is 19.8 Å². The molecule has 0 bridgehead atoms. The van der Waals surface area contributed by atoms with Gasteiger partial charge in [-0.15, -0.1) is 0 Å². The number of rotatable bonds is 7. The molecule has 32 heavy (non-hydrogen) atoms. The summed E-state index contributed by atoms with van der Waals surface area (Å²) in [6.07, 6.45) is 3.74. The molecule has 1 aromatic carbocycles. The fourth-order valence-corrected chi connectivity index (χ4v) is 4.22. The number of methoxy groups -OCH3 is 1. The SMILES string of the molecule is COc1ccc(C(=O)N[C@@H](C)C(=O)N2CCC(CCc3c(C)nc(C)nc3N)CC2)cc1. The lowest BCUT2D eigenvalue weighted by Gasteiger charge is -2.34. The highest BCUT2D eigenvalue weighted by Crippen LogP contribution is 2.25. The van der Waals surface area contributed by atoms with Crippen LogP contribution in [-0.2, 0) is 11.2 Å². The van der Waals surface area contributed by atoms with Gasteiger partial charge in [-0.05, 0) is 76.6 Å². The second-order valence-corrected chi connectivity index (χ2v) is 8.45. The number of nitrogen functional groups attached to an aromatic ring is 1. The number of carbonyl (C=O) groups is 2. The Labute approximate surface area is 189 Å². The van der Waals surface area contributed by atoms with E-state index in [0.29, 0.717) is 42.0 Å². The number of likely N-dealkylation sites (tertiary alicyclic amines) is 1. The number of nitrogens with one attached hydrogen (secondary N) is 1. The van der Waals surface area contributed by atoms with Crippen LogP contribution in [0.1, 0.15) is 53.6 Å². The summed E-state index contributed by atoms with van der Waals surface area (Å²) < 4.78 is 5.11. The van der Waals surface area contributed by atoms with Crippen LogP contribution in [0.2, 0.25) is 0 Å². The van der Waals surface area contributed by atoms with Crippen LogP contribution in [0.4, 0.5) is 5.82 Å². The molecule has 1 aliphatic heterocycles. The molecule has 2 aromatic rings. The fraction of sp³-hybridized carbons (Fsp3) is 0.500. The van der Waals surface area contributed by atoms with Crippen molar-refractivity contribution in [3.63, 3.8) is 0 Å². The van der Waals surface area contributed by atoms with E-state index in [0.717, 1.165) is 36.9 Å². The number of hydrogen-bond acceptors (Lipinski definition) is 6. The number of carbonyl (C=O) groups excluding carboxylic acids is 2. The van der Waals surface area contributed by atoms with E-state index in [-0.39, 0.29) is 11.8 Å². The van der Waals surface area contributed by atoms with Crippen molar-refractivity contribution in [2.75, 3.05) is 25.9 Å². The van der Waals surface area contributed by atoms with Crippen LogP contribution >= 0.6 is 0 Å². The van der Waals surface area contributed by atoms with Crippen LogP contribution in [0.5, 0.6) is 5.75 Å². The van der Waals surface area contributed by atoms with Crippen molar-refractivity contribution >= 4 is 17.6 Å².